The molecule has 0 bridgehead atoms. The molecule has 7 heteroatoms. The number of hydrogen-bond acceptors (Lipinski definition) is 5. The first-order valence-corrected chi connectivity index (χ1v) is 7.31. The van der Waals surface area contributed by atoms with E-state index in [0.29, 0.717) is 5.82 Å². The summed E-state index contributed by atoms with van der Waals surface area (Å²) < 4.78 is 0.885. The number of rotatable bonds is 6. The number of benzene rings is 1. The molecule has 0 spiro atoms. The molecule has 0 saturated heterocycles. The van der Waals surface area contributed by atoms with Crippen LogP contribution in [0.1, 0.15) is 13.3 Å². The second-order valence-corrected chi connectivity index (χ2v) is 5.30. The Morgan fingerprint density at radius 2 is 2.14 bits per heavy atom. The maximum Gasteiger partial charge on any atom is 0.311 e. The minimum Gasteiger partial charge on any atom is -0.370 e. The summed E-state index contributed by atoms with van der Waals surface area (Å²) in [5, 5.41) is 17.2. The van der Waals surface area contributed by atoms with Crippen molar-refractivity contribution < 1.29 is 4.92 Å². The predicted molar refractivity (Wildman–Crippen MR) is 87.1 cm³/mol. The Morgan fingerprint density at radius 3 is 2.81 bits per heavy atom. The molecule has 0 aliphatic carbocycles. The van der Waals surface area contributed by atoms with Crippen LogP contribution in [-0.2, 0) is 0 Å². The van der Waals surface area contributed by atoms with Crippen LogP contribution in [0.4, 0.5) is 23.0 Å². The van der Waals surface area contributed by atoms with Crippen molar-refractivity contribution in [2.75, 3.05) is 17.2 Å². The lowest BCUT2D eigenvalue weighted by atomic mass is 10.3. The van der Waals surface area contributed by atoms with Gasteiger partial charge in [0, 0.05) is 22.8 Å². The largest absolute Gasteiger partial charge is 0.370 e. The third-order valence-corrected chi connectivity index (χ3v) is 3.21. The number of nitro groups is 1. The van der Waals surface area contributed by atoms with Gasteiger partial charge in [0.15, 0.2) is 0 Å². The Balaban J connectivity index is 2.31. The average molecular weight is 351 g/mol. The zero-order chi connectivity index (χ0) is 15.2. The molecule has 0 aliphatic heterocycles. The molecule has 2 aromatic rings. The number of pyridine rings is 1. The van der Waals surface area contributed by atoms with E-state index < -0.39 is 4.92 Å². The van der Waals surface area contributed by atoms with Gasteiger partial charge in [-0.15, -0.1) is 0 Å². The smallest absolute Gasteiger partial charge is 0.311 e. The maximum absolute atomic E-state index is 11.1. The standard InChI is InChI=1S/C14H15BrN4O2/c1-2-8-16-13-7-6-12(19(20)21)14(18-13)17-11-5-3-4-10(15)9-11/h3-7,9H,2,8H2,1H3,(H2,16,17,18). The molecule has 0 aliphatic rings. The number of aromatic nitrogens is 1. The van der Waals surface area contributed by atoms with Crippen molar-refractivity contribution in [1.82, 2.24) is 4.98 Å². The van der Waals surface area contributed by atoms with Gasteiger partial charge in [0.05, 0.1) is 4.92 Å². The lowest BCUT2D eigenvalue weighted by Crippen LogP contribution is -2.05. The van der Waals surface area contributed by atoms with Gasteiger partial charge in [-0.3, -0.25) is 10.1 Å². The van der Waals surface area contributed by atoms with E-state index in [1.165, 1.54) is 6.07 Å². The van der Waals surface area contributed by atoms with Crippen molar-refractivity contribution in [2.24, 2.45) is 0 Å². The maximum atomic E-state index is 11.1. The van der Waals surface area contributed by atoms with Crippen LogP contribution in [0.2, 0.25) is 0 Å². The third kappa shape index (κ3) is 4.16. The van der Waals surface area contributed by atoms with E-state index >= 15 is 0 Å². The van der Waals surface area contributed by atoms with Gasteiger partial charge in [0.2, 0.25) is 5.82 Å². The van der Waals surface area contributed by atoms with Crippen LogP contribution in [0.3, 0.4) is 0 Å². The van der Waals surface area contributed by atoms with Crippen LogP contribution in [0.25, 0.3) is 0 Å². The second kappa shape index (κ2) is 7.03. The summed E-state index contributed by atoms with van der Waals surface area (Å²) in [6, 6.07) is 10.4. The van der Waals surface area contributed by atoms with Crippen LogP contribution in [0.15, 0.2) is 40.9 Å². The first-order chi connectivity index (χ1) is 10.1. The molecule has 2 N–H and O–H groups in total. The summed E-state index contributed by atoms with van der Waals surface area (Å²) in [5.74, 6) is 0.833. The van der Waals surface area contributed by atoms with Gasteiger partial charge in [0.25, 0.3) is 0 Å². The molecular weight excluding hydrogens is 336 g/mol. The molecule has 110 valence electrons. The minimum atomic E-state index is -0.448. The lowest BCUT2D eigenvalue weighted by molar-refractivity contribution is -0.384. The Labute approximate surface area is 130 Å². The van der Waals surface area contributed by atoms with Gasteiger partial charge in [-0.1, -0.05) is 28.9 Å². The van der Waals surface area contributed by atoms with Gasteiger partial charge in [-0.25, -0.2) is 4.98 Å². The number of halogens is 1. The highest BCUT2D eigenvalue weighted by Crippen LogP contribution is 2.28. The fourth-order valence-corrected chi connectivity index (χ4v) is 2.14. The Bertz CT molecular complexity index is 649. The topological polar surface area (TPSA) is 80.1 Å². The molecule has 6 nitrogen and oxygen atoms in total. The second-order valence-electron chi connectivity index (χ2n) is 4.38. The van der Waals surface area contributed by atoms with Gasteiger partial charge in [0.1, 0.15) is 5.82 Å². The molecule has 0 atom stereocenters. The first kappa shape index (κ1) is 15.2. The molecule has 21 heavy (non-hydrogen) atoms. The highest BCUT2D eigenvalue weighted by Gasteiger charge is 2.16. The van der Waals surface area contributed by atoms with E-state index in [1.54, 1.807) is 6.07 Å². The van der Waals surface area contributed by atoms with Crippen molar-refractivity contribution in [3.05, 3.63) is 51.0 Å². The monoisotopic (exact) mass is 350 g/mol. The number of hydrogen-bond donors (Lipinski definition) is 2. The Morgan fingerprint density at radius 1 is 1.33 bits per heavy atom. The molecule has 1 heterocycles. The third-order valence-electron chi connectivity index (χ3n) is 2.71. The van der Waals surface area contributed by atoms with Crippen molar-refractivity contribution in [3.8, 4) is 0 Å². The van der Waals surface area contributed by atoms with E-state index in [2.05, 4.69) is 31.5 Å². The molecule has 0 amide bonds. The van der Waals surface area contributed by atoms with Crippen molar-refractivity contribution in [3.63, 3.8) is 0 Å². The van der Waals surface area contributed by atoms with Crippen LogP contribution in [-0.4, -0.2) is 16.5 Å². The molecular formula is C14H15BrN4O2. The van der Waals surface area contributed by atoms with Crippen molar-refractivity contribution >= 4 is 38.9 Å². The molecule has 0 fully saturated rings. The summed E-state index contributed by atoms with van der Waals surface area (Å²) in [6.45, 7) is 2.81. The van der Waals surface area contributed by atoms with Gasteiger partial charge in [-0.2, -0.15) is 0 Å². The first-order valence-electron chi connectivity index (χ1n) is 6.52. The highest BCUT2D eigenvalue weighted by atomic mass is 79.9. The van der Waals surface area contributed by atoms with Gasteiger partial charge in [-0.05, 0) is 30.7 Å². The van der Waals surface area contributed by atoms with Crippen LogP contribution < -0.4 is 10.6 Å². The van der Waals surface area contributed by atoms with Gasteiger partial charge >= 0.3 is 5.69 Å². The summed E-state index contributed by atoms with van der Waals surface area (Å²) in [6.07, 6.45) is 0.951. The zero-order valence-corrected chi connectivity index (χ0v) is 13.1. The molecule has 2 rings (SSSR count). The van der Waals surface area contributed by atoms with Crippen LogP contribution in [0, 0.1) is 10.1 Å². The van der Waals surface area contributed by atoms with Crippen LogP contribution in [0.5, 0.6) is 0 Å². The summed E-state index contributed by atoms with van der Waals surface area (Å²) in [5.41, 5.74) is 0.671. The summed E-state index contributed by atoms with van der Waals surface area (Å²) >= 11 is 3.36. The molecule has 0 saturated carbocycles. The van der Waals surface area contributed by atoms with E-state index in [0.717, 1.165) is 23.1 Å². The SMILES string of the molecule is CCCNc1ccc([N+](=O)[O-])c(Nc2cccc(Br)c2)n1. The average Bonchev–Trinajstić information content (AvgIpc) is 2.45. The minimum absolute atomic E-state index is 0.0583. The van der Waals surface area contributed by atoms with Gasteiger partial charge < -0.3 is 10.6 Å². The Kier molecular flexibility index (Phi) is 5.10. The number of nitrogens with zero attached hydrogens (tertiary/aromatic N) is 2. The quantitative estimate of drug-likeness (QED) is 0.599. The summed E-state index contributed by atoms with van der Waals surface area (Å²) in [7, 11) is 0. The van der Waals surface area contributed by atoms with Crippen LogP contribution >= 0.6 is 15.9 Å². The van der Waals surface area contributed by atoms with E-state index in [9.17, 15) is 10.1 Å². The highest BCUT2D eigenvalue weighted by molar-refractivity contribution is 9.10. The fourth-order valence-electron chi connectivity index (χ4n) is 1.75. The predicted octanol–water partition coefficient (Wildman–Crippen LogP) is 4.32. The van der Waals surface area contributed by atoms with Crippen molar-refractivity contribution in [2.45, 2.75) is 13.3 Å². The van der Waals surface area contributed by atoms with Crippen molar-refractivity contribution in [1.29, 1.82) is 0 Å². The summed E-state index contributed by atoms with van der Waals surface area (Å²) in [4.78, 5) is 14.9. The molecule has 1 aromatic heterocycles. The zero-order valence-electron chi connectivity index (χ0n) is 11.5. The van der Waals surface area contributed by atoms with E-state index in [4.69, 9.17) is 0 Å². The molecule has 0 unspecified atom stereocenters. The lowest BCUT2D eigenvalue weighted by Gasteiger charge is -2.09. The Hall–Kier alpha value is -2.15. The van der Waals surface area contributed by atoms with E-state index in [1.807, 2.05) is 31.2 Å². The molecule has 1 aromatic carbocycles. The number of nitrogens with one attached hydrogen (secondary N) is 2. The fraction of sp³-hybridized carbons (Fsp3) is 0.214. The normalized spacial score (nSPS) is 10.2. The van der Waals surface area contributed by atoms with E-state index in [-0.39, 0.29) is 11.5 Å². The molecule has 0 radical (unpaired) electrons. The number of anilines is 3.